The first kappa shape index (κ1) is 9.27. The van der Waals surface area contributed by atoms with Crippen molar-refractivity contribution in [2.45, 2.75) is 25.9 Å². The fourth-order valence-electron chi connectivity index (χ4n) is 1.21. The molecule has 1 nitrogen and oxygen atoms in total. The summed E-state index contributed by atoms with van der Waals surface area (Å²) in [5.41, 5.74) is 1.19. The van der Waals surface area contributed by atoms with E-state index in [-0.39, 0.29) is 6.10 Å². The highest BCUT2D eigenvalue weighted by Gasteiger charge is 2.02. The zero-order valence-electron chi connectivity index (χ0n) is 7.40. The molecule has 65 valence electrons. The Morgan fingerprint density at radius 2 is 2.00 bits per heavy atom. The fraction of sp³-hybridized carbons (Fsp3) is 0.364. The zero-order valence-corrected chi connectivity index (χ0v) is 7.40. The summed E-state index contributed by atoms with van der Waals surface area (Å²) in [5, 5.41) is 9.45. The summed E-state index contributed by atoms with van der Waals surface area (Å²) in [5.74, 6) is 0. The Labute approximate surface area is 74.1 Å². The Bertz CT molecular complexity index is 206. The van der Waals surface area contributed by atoms with Crippen LogP contribution in [0.2, 0.25) is 0 Å². The monoisotopic (exact) mass is 163 g/mol. The molecule has 1 aromatic carbocycles. The smallest absolute Gasteiger partial charge is 0.0612 e. The van der Waals surface area contributed by atoms with E-state index in [9.17, 15) is 5.11 Å². The molecule has 0 aliphatic rings. The summed E-state index contributed by atoms with van der Waals surface area (Å²) in [6, 6.07) is 10.0. The molecule has 0 aliphatic carbocycles. The van der Waals surface area contributed by atoms with Crippen LogP contribution in [-0.4, -0.2) is 11.2 Å². The lowest BCUT2D eigenvalue weighted by molar-refractivity contribution is 0.204. The van der Waals surface area contributed by atoms with Crippen LogP contribution in [0.4, 0.5) is 0 Å². The van der Waals surface area contributed by atoms with E-state index in [2.05, 4.69) is 0 Å². The third-order valence-electron chi connectivity index (χ3n) is 1.80. The van der Waals surface area contributed by atoms with Crippen molar-refractivity contribution in [2.24, 2.45) is 0 Å². The maximum absolute atomic E-state index is 9.45. The predicted molar refractivity (Wildman–Crippen MR) is 50.7 cm³/mol. The lowest BCUT2D eigenvalue weighted by Crippen LogP contribution is -2.10. The van der Waals surface area contributed by atoms with Gasteiger partial charge in [-0.3, -0.25) is 0 Å². The second-order valence-electron chi connectivity index (χ2n) is 2.90. The molecule has 0 heterocycles. The van der Waals surface area contributed by atoms with Crippen LogP contribution in [0.15, 0.2) is 30.3 Å². The lowest BCUT2D eigenvalue weighted by atomic mass is 10.1. The van der Waals surface area contributed by atoms with Crippen LogP contribution in [-0.2, 0) is 6.42 Å². The Hall–Kier alpha value is -0.820. The standard InChI is InChI=1S/C11H15O/c1-2-6-11(12)9-10-7-4-3-5-8-10/h3-8,11-12H,2,9H2,1H3. The predicted octanol–water partition coefficient (Wildman–Crippen LogP) is 2.20. The molecule has 0 fully saturated rings. The lowest BCUT2D eigenvalue weighted by Gasteiger charge is -2.07. The van der Waals surface area contributed by atoms with E-state index in [0.29, 0.717) is 0 Å². The van der Waals surface area contributed by atoms with E-state index in [1.54, 1.807) is 0 Å². The average Bonchev–Trinajstić information content (AvgIpc) is 2.06. The molecule has 0 spiro atoms. The van der Waals surface area contributed by atoms with Crippen LogP contribution in [0.3, 0.4) is 0 Å². The van der Waals surface area contributed by atoms with Crippen LogP contribution >= 0.6 is 0 Å². The topological polar surface area (TPSA) is 20.2 Å². The first-order valence-corrected chi connectivity index (χ1v) is 4.38. The van der Waals surface area contributed by atoms with Gasteiger partial charge in [0.05, 0.1) is 6.10 Å². The molecule has 0 saturated heterocycles. The number of hydrogen-bond acceptors (Lipinski definition) is 1. The molecule has 1 N–H and O–H groups in total. The van der Waals surface area contributed by atoms with Crippen molar-refractivity contribution in [2.75, 3.05) is 0 Å². The van der Waals surface area contributed by atoms with Crippen molar-refractivity contribution >= 4 is 0 Å². The number of rotatable bonds is 4. The van der Waals surface area contributed by atoms with E-state index in [1.165, 1.54) is 5.56 Å². The van der Waals surface area contributed by atoms with Crippen molar-refractivity contribution < 1.29 is 5.11 Å². The molecule has 1 unspecified atom stereocenters. The molecular formula is C11H15O. The molecule has 0 aliphatic heterocycles. The fourth-order valence-corrected chi connectivity index (χ4v) is 1.21. The van der Waals surface area contributed by atoms with Gasteiger partial charge >= 0.3 is 0 Å². The average molecular weight is 163 g/mol. The van der Waals surface area contributed by atoms with E-state index < -0.39 is 0 Å². The van der Waals surface area contributed by atoms with Crippen LogP contribution in [0.5, 0.6) is 0 Å². The van der Waals surface area contributed by atoms with Gasteiger partial charge < -0.3 is 5.11 Å². The summed E-state index contributed by atoms with van der Waals surface area (Å²) in [7, 11) is 0. The summed E-state index contributed by atoms with van der Waals surface area (Å²) in [6.07, 6.45) is 3.28. The maximum Gasteiger partial charge on any atom is 0.0612 e. The second kappa shape index (κ2) is 4.94. The normalized spacial score (nSPS) is 12.8. The van der Waals surface area contributed by atoms with Crippen LogP contribution in [0.25, 0.3) is 0 Å². The summed E-state index contributed by atoms with van der Waals surface area (Å²) >= 11 is 0. The Kier molecular flexibility index (Phi) is 3.81. The van der Waals surface area contributed by atoms with Gasteiger partial charge in [-0.05, 0) is 18.4 Å². The van der Waals surface area contributed by atoms with Gasteiger partial charge in [0.1, 0.15) is 0 Å². The molecular weight excluding hydrogens is 148 g/mol. The minimum atomic E-state index is -0.294. The molecule has 1 atom stereocenters. The Morgan fingerprint density at radius 1 is 1.33 bits per heavy atom. The van der Waals surface area contributed by atoms with Crippen molar-refractivity contribution in [1.29, 1.82) is 0 Å². The number of benzene rings is 1. The molecule has 1 rings (SSSR count). The quantitative estimate of drug-likeness (QED) is 0.721. The SMILES string of the molecule is CC[CH]C(O)Cc1ccccc1. The number of aliphatic hydroxyl groups is 1. The minimum Gasteiger partial charge on any atom is -0.392 e. The highest BCUT2D eigenvalue weighted by Crippen LogP contribution is 2.05. The van der Waals surface area contributed by atoms with Crippen molar-refractivity contribution in [1.82, 2.24) is 0 Å². The summed E-state index contributed by atoms with van der Waals surface area (Å²) in [4.78, 5) is 0. The molecule has 0 saturated carbocycles. The highest BCUT2D eigenvalue weighted by molar-refractivity contribution is 5.15. The maximum atomic E-state index is 9.45. The van der Waals surface area contributed by atoms with Crippen LogP contribution in [0, 0.1) is 6.42 Å². The Morgan fingerprint density at radius 3 is 2.58 bits per heavy atom. The van der Waals surface area contributed by atoms with E-state index in [0.717, 1.165) is 12.8 Å². The minimum absolute atomic E-state index is 0.294. The van der Waals surface area contributed by atoms with Crippen molar-refractivity contribution in [3.63, 3.8) is 0 Å². The molecule has 1 radical (unpaired) electrons. The van der Waals surface area contributed by atoms with Gasteiger partial charge in [-0.15, -0.1) is 0 Å². The van der Waals surface area contributed by atoms with Crippen molar-refractivity contribution in [3.05, 3.63) is 42.3 Å². The van der Waals surface area contributed by atoms with Gasteiger partial charge in [0.15, 0.2) is 0 Å². The van der Waals surface area contributed by atoms with E-state index >= 15 is 0 Å². The van der Waals surface area contributed by atoms with Gasteiger partial charge in [-0.2, -0.15) is 0 Å². The number of hydrogen-bond donors (Lipinski definition) is 1. The Balaban J connectivity index is 2.41. The van der Waals surface area contributed by atoms with Crippen LogP contribution < -0.4 is 0 Å². The van der Waals surface area contributed by atoms with E-state index in [1.807, 2.05) is 43.7 Å². The first-order valence-electron chi connectivity index (χ1n) is 4.38. The highest BCUT2D eigenvalue weighted by atomic mass is 16.3. The van der Waals surface area contributed by atoms with Gasteiger partial charge in [0, 0.05) is 0 Å². The summed E-state index contributed by atoms with van der Waals surface area (Å²) in [6.45, 7) is 2.04. The first-order chi connectivity index (χ1) is 5.83. The second-order valence-corrected chi connectivity index (χ2v) is 2.90. The molecule has 1 heteroatoms. The van der Waals surface area contributed by atoms with Crippen molar-refractivity contribution in [3.8, 4) is 0 Å². The molecule has 12 heavy (non-hydrogen) atoms. The summed E-state index contributed by atoms with van der Waals surface area (Å²) < 4.78 is 0. The van der Waals surface area contributed by atoms with Gasteiger partial charge in [0.2, 0.25) is 0 Å². The molecule has 0 amide bonds. The van der Waals surface area contributed by atoms with Gasteiger partial charge in [-0.1, -0.05) is 43.7 Å². The van der Waals surface area contributed by atoms with Gasteiger partial charge in [-0.25, -0.2) is 0 Å². The third kappa shape index (κ3) is 3.05. The molecule has 1 aromatic rings. The largest absolute Gasteiger partial charge is 0.392 e. The molecule has 0 bridgehead atoms. The third-order valence-corrected chi connectivity index (χ3v) is 1.80. The number of aliphatic hydroxyl groups excluding tert-OH is 1. The molecule has 0 aromatic heterocycles. The van der Waals surface area contributed by atoms with E-state index in [4.69, 9.17) is 0 Å². The van der Waals surface area contributed by atoms with Crippen LogP contribution in [0.1, 0.15) is 18.9 Å². The van der Waals surface area contributed by atoms with Gasteiger partial charge in [0.25, 0.3) is 0 Å². The zero-order chi connectivity index (χ0) is 8.81.